The van der Waals surface area contributed by atoms with Gasteiger partial charge in [-0.2, -0.15) is 0 Å². The molecule has 0 saturated heterocycles. The molecule has 120 valence electrons. The minimum atomic E-state index is -0.411. The second-order valence-electron chi connectivity index (χ2n) is 6.03. The molecule has 0 spiro atoms. The van der Waals surface area contributed by atoms with E-state index in [2.05, 4.69) is 16.1 Å². The zero-order valence-corrected chi connectivity index (χ0v) is 13.1. The fourth-order valence-electron chi connectivity index (χ4n) is 3.43. The summed E-state index contributed by atoms with van der Waals surface area (Å²) in [5.41, 5.74) is 1.03. The van der Waals surface area contributed by atoms with E-state index in [1.54, 1.807) is 6.20 Å². The lowest BCUT2D eigenvalue weighted by Gasteiger charge is -2.37. The summed E-state index contributed by atoms with van der Waals surface area (Å²) >= 11 is 0. The van der Waals surface area contributed by atoms with E-state index in [4.69, 9.17) is 9.57 Å². The van der Waals surface area contributed by atoms with Crippen molar-refractivity contribution in [2.45, 2.75) is 45.1 Å². The van der Waals surface area contributed by atoms with Crippen molar-refractivity contribution in [2.24, 2.45) is 0 Å². The van der Waals surface area contributed by atoms with Crippen molar-refractivity contribution >= 4 is 17.5 Å². The van der Waals surface area contributed by atoms with E-state index >= 15 is 0 Å². The Morgan fingerprint density at radius 1 is 1.22 bits per heavy atom. The zero-order chi connectivity index (χ0) is 15.8. The van der Waals surface area contributed by atoms with Gasteiger partial charge in [-0.3, -0.25) is 0 Å². The molecule has 0 amide bonds. The van der Waals surface area contributed by atoms with Crippen LogP contribution in [0, 0.1) is 0 Å². The third kappa shape index (κ3) is 2.54. The van der Waals surface area contributed by atoms with Gasteiger partial charge in [0.2, 0.25) is 5.82 Å². The van der Waals surface area contributed by atoms with Crippen LogP contribution in [0.4, 0.5) is 11.5 Å². The number of benzene rings is 1. The Balaban J connectivity index is 1.77. The molecule has 1 aromatic heterocycles. The normalized spacial score (nSPS) is 17.2. The second-order valence-corrected chi connectivity index (χ2v) is 6.03. The highest BCUT2D eigenvalue weighted by atomic mass is 16.7. The standard InChI is InChI=1S/C17H19N3O3/c1-12(21)23-19-11-16-17(18-19)20(13-7-3-2-4-8-13)14-9-5-6-10-15(14)22-16/h5-6,9-11,13H,2-4,7-8H2,1H3. The summed E-state index contributed by atoms with van der Waals surface area (Å²) in [6, 6.07) is 8.37. The summed E-state index contributed by atoms with van der Waals surface area (Å²) in [7, 11) is 0. The number of carbonyl (C=O) groups excluding carboxylic acids is 1. The lowest BCUT2D eigenvalue weighted by atomic mass is 9.93. The summed E-state index contributed by atoms with van der Waals surface area (Å²) in [6.07, 6.45) is 7.62. The number of rotatable bonds is 2. The van der Waals surface area contributed by atoms with Gasteiger partial charge in [0.15, 0.2) is 11.5 Å². The molecule has 0 radical (unpaired) electrons. The Labute approximate surface area is 134 Å². The Bertz CT molecular complexity index is 734. The summed E-state index contributed by atoms with van der Waals surface area (Å²) < 4.78 is 5.94. The number of hydrogen-bond donors (Lipinski definition) is 0. The lowest BCUT2D eigenvalue weighted by molar-refractivity contribution is -0.143. The molecule has 2 heterocycles. The Kier molecular flexibility index (Phi) is 3.44. The summed E-state index contributed by atoms with van der Waals surface area (Å²) in [6.45, 7) is 1.36. The molecule has 0 unspecified atom stereocenters. The average Bonchev–Trinajstić information content (AvgIpc) is 2.94. The quantitative estimate of drug-likeness (QED) is 0.850. The minimum absolute atomic E-state index is 0.397. The number of nitrogens with zero attached hydrogens (tertiary/aromatic N) is 3. The van der Waals surface area contributed by atoms with Gasteiger partial charge in [-0.05, 0) is 25.0 Å². The van der Waals surface area contributed by atoms with Crippen LogP contribution in [0.25, 0.3) is 0 Å². The summed E-state index contributed by atoms with van der Waals surface area (Å²) in [5, 5.41) is 4.42. The van der Waals surface area contributed by atoms with Crippen molar-refractivity contribution in [1.29, 1.82) is 0 Å². The smallest absolute Gasteiger partial charge is 0.331 e. The van der Waals surface area contributed by atoms with Crippen LogP contribution in [0.2, 0.25) is 0 Å². The Hall–Kier alpha value is -2.50. The SMILES string of the molecule is CC(=O)On1cc2c(n1)N(C1CCCCC1)c1ccccc1O2. The number of anilines is 2. The highest BCUT2D eigenvalue weighted by Crippen LogP contribution is 2.48. The number of para-hydroxylation sites is 2. The highest BCUT2D eigenvalue weighted by Gasteiger charge is 2.33. The van der Waals surface area contributed by atoms with E-state index in [9.17, 15) is 4.79 Å². The highest BCUT2D eigenvalue weighted by molar-refractivity contribution is 5.76. The van der Waals surface area contributed by atoms with E-state index in [0.717, 1.165) is 30.1 Å². The maximum atomic E-state index is 11.2. The van der Waals surface area contributed by atoms with E-state index < -0.39 is 5.97 Å². The van der Waals surface area contributed by atoms with Gasteiger partial charge in [-0.15, -0.1) is 5.10 Å². The molecule has 4 rings (SSSR count). The maximum absolute atomic E-state index is 11.2. The van der Waals surface area contributed by atoms with Crippen molar-refractivity contribution in [2.75, 3.05) is 4.90 Å². The van der Waals surface area contributed by atoms with Gasteiger partial charge in [0.05, 0.1) is 5.69 Å². The van der Waals surface area contributed by atoms with Crippen LogP contribution < -0.4 is 14.5 Å². The number of aromatic nitrogens is 2. The molecule has 6 nitrogen and oxygen atoms in total. The molecule has 1 aromatic carbocycles. The third-order valence-electron chi connectivity index (χ3n) is 4.38. The van der Waals surface area contributed by atoms with Crippen molar-refractivity contribution in [3.8, 4) is 11.5 Å². The van der Waals surface area contributed by atoms with E-state index in [1.165, 1.54) is 31.0 Å². The van der Waals surface area contributed by atoms with Crippen LogP contribution in [0.15, 0.2) is 30.5 Å². The number of ether oxygens (including phenoxy) is 1. The first-order chi connectivity index (χ1) is 11.2. The number of fused-ring (bicyclic) bond motifs is 2. The zero-order valence-electron chi connectivity index (χ0n) is 13.1. The summed E-state index contributed by atoms with van der Waals surface area (Å²) in [4.78, 5) is 19.7. The van der Waals surface area contributed by atoms with Crippen LogP contribution in [0.3, 0.4) is 0 Å². The first-order valence-electron chi connectivity index (χ1n) is 8.07. The molecule has 23 heavy (non-hydrogen) atoms. The Morgan fingerprint density at radius 2 is 2.00 bits per heavy atom. The van der Waals surface area contributed by atoms with Crippen LogP contribution >= 0.6 is 0 Å². The molecule has 2 aromatic rings. The van der Waals surface area contributed by atoms with Gasteiger partial charge in [0, 0.05) is 13.0 Å². The Morgan fingerprint density at radius 3 is 2.78 bits per heavy atom. The van der Waals surface area contributed by atoms with Gasteiger partial charge >= 0.3 is 5.97 Å². The molecule has 1 aliphatic heterocycles. The predicted octanol–water partition coefficient (Wildman–Crippen LogP) is 3.43. The van der Waals surface area contributed by atoms with Crippen molar-refractivity contribution in [3.63, 3.8) is 0 Å². The van der Waals surface area contributed by atoms with Gasteiger partial charge < -0.3 is 14.5 Å². The first-order valence-corrected chi connectivity index (χ1v) is 8.07. The van der Waals surface area contributed by atoms with Crippen molar-refractivity contribution in [1.82, 2.24) is 9.94 Å². The molecule has 6 heteroatoms. The van der Waals surface area contributed by atoms with Crippen molar-refractivity contribution in [3.05, 3.63) is 30.5 Å². The van der Waals surface area contributed by atoms with Crippen LogP contribution in [0.1, 0.15) is 39.0 Å². The molecule has 0 atom stereocenters. The number of carbonyl (C=O) groups is 1. The van der Waals surface area contributed by atoms with Crippen molar-refractivity contribution < 1.29 is 14.4 Å². The minimum Gasteiger partial charge on any atom is -0.449 e. The van der Waals surface area contributed by atoms with Crippen LogP contribution in [-0.2, 0) is 4.79 Å². The fourth-order valence-corrected chi connectivity index (χ4v) is 3.43. The van der Waals surface area contributed by atoms with Gasteiger partial charge in [-0.25, -0.2) is 4.79 Å². The topological polar surface area (TPSA) is 56.6 Å². The predicted molar refractivity (Wildman–Crippen MR) is 85.0 cm³/mol. The molecule has 1 fully saturated rings. The van der Waals surface area contributed by atoms with Gasteiger partial charge in [-0.1, -0.05) is 36.2 Å². The summed E-state index contributed by atoms with van der Waals surface area (Å²) in [5.74, 6) is 1.74. The molecule has 0 N–H and O–H groups in total. The third-order valence-corrected chi connectivity index (χ3v) is 4.38. The van der Waals surface area contributed by atoms with E-state index in [-0.39, 0.29) is 0 Å². The number of hydrogen-bond acceptors (Lipinski definition) is 5. The average molecular weight is 313 g/mol. The molecule has 0 bridgehead atoms. The molecule has 1 aliphatic carbocycles. The molecular formula is C17H19N3O3. The second kappa shape index (κ2) is 5.61. The monoisotopic (exact) mass is 313 g/mol. The van der Waals surface area contributed by atoms with E-state index in [0.29, 0.717) is 11.8 Å². The largest absolute Gasteiger partial charge is 0.449 e. The van der Waals surface area contributed by atoms with Gasteiger partial charge in [0.25, 0.3) is 0 Å². The molecule has 2 aliphatic rings. The van der Waals surface area contributed by atoms with Gasteiger partial charge in [0.1, 0.15) is 6.20 Å². The van der Waals surface area contributed by atoms with Crippen LogP contribution in [0.5, 0.6) is 11.5 Å². The van der Waals surface area contributed by atoms with Crippen LogP contribution in [-0.4, -0.2) is 22.0 Å². The lowest BCUT2D eigenvalue weighted by Crippen LogP contribution is -2.35. The fraction of sp³-hybridized carbons (Fsp3) is 0.412. The van der Waals surface area contributed by atoms with E-state index in [1.807, 2.05) is 18.2 Å². The first kappa shape index (κ1) is 14.1. The molecular weight excluding hydrogens is 294 g/mol. The molecule has 1 saturated carbocycles. The maximum Gasteiger partial charge on any atom is 0.331 e.